The van der Waals surface area contributed by atoms with Crippen LogP contribution >= 0.6 is 11.3 Å². The number of ether oxygens (including phenoxy) is 1. The number of hydrogen-bond acceptors (Lipinski definition) is 5. The highest BCUT2D eigenvalue weighted by atomic mass is 32.1. The van der Waals surface area contributed by atoms with E-state index >= 15 is 0 Å². The Bertz CT molecular complexity index is 865. The zero-order chi connectivity index (χ0) is 18.5. The quantitative estimate of drug-likeness (QED) is 0.636. The van der Waals surface area contributed by atoms with E-state index in [1.807, 2.05) is 24.4 Å². The molecule has 3 rings (SSSR count). The summed E-state index contributed by atoms with van der Waals surface area (Å²) in [4.78, 5) is 13.3. The summed E-state index contributed by atoms with van der Waals surface area (Å²) >= 11 is 1.47. The average molecular weight is 378 g/mol. The number of aromatic nitrogens is 1. The van der Waals surface area contributed by atoms with Gasteiger partial charge >= 0.3 is 6.61 Å². The van der Waals surface area contributed by atoms with Crippen molar-refractivity contribution in [2.75, 3.05) is 0 Å². The van der Waals surface area contributed by atoms with E-state index in [-0.39, 0.29) is 11.4 Å². The molecule has 0 aliphatic rings. The lowest BCUT2D eigenvalue weighted by Crippen LogP contribution is -2.28. The van der Waals surface area contributed by atoms with Crippen LogP contribution in [0, 0.1) is 0 Å². The van der Waals surface area contributed by atoms with Crippen LogP contribution in [0.5, 0.6) is 5.75 Å². The van der Waals surface area contributed by atoms with E-state index < -0.39 is 18.6 Å². The Morgan fingerprint density at radius 1 is 1.31 bits per heavy atom. The van der Waals surface area contributed by atoms with E-state index in [0.29, 0.717) is 17.7 Å². The van der Waals surface area contributed by atoms with E-state index in [0.717, 1.165) is 4.88 Å². The summed E-state index contributed by atoms with van der Waals surface area (Å²) in [7, 11) is 0. The minimum absolute atomic E-state index is 0.0362. The third-order valence-electron chi connectivity index (χ3n) is 3.73. The number of carbonyl (C=O) groups is 1. The van der Waals surface area contributed by atoms with Gasteiger partial charge in [-0.1, -0.05) is 36.3 Å². The van der Waals surface area contributed by atoms with Crippen LogP contribution in [-0.2, 0) is 0 Å². The molecule has 8 heteroatoms. The third kappa shape index (κ3) is 4.08. The van der Waals surface area contributed by atoms with Gasteiger partial charge in [-0.25, -0.2) is 0 Å². The molecule has 1 atom stereocenters. The summed E-state index contributed by atoms with van der Waals surface area (Å²) in [5.74, 6) is 0.0870. The summed E-state index contributed by atoms with van der Waals surface area (Å²) in [6.07, 6.45) is 0.491. The van der Waals surface area contributed by atoms with Gasteiger partial charge in [0.25, 0.3) is 5.91 Å². The molecular weight excluding hydrogens is 362 g/mol. The average Bonchev–Trinajstić information content (AvgIpc) is 3.30. The van der Waals surface area contributed by atoms with Gasteiger partial charge in [0.05, 0.1) is 10.9 Å². The molecule has 0 aliphatic heterocycles. The van der Waals surface area contributed by atoms with E-state index in [4.69, 9.17) is 4.52 Å². The minimum atomic E-state index is -2.94. The first-order valence-electron chi connectivity index (χ1n) is 7.93. The summed E-state index contributed by atoms with van der Waals surface area (Å²) in [6.45, 7) is -1.10. The smallest absolute Gasteiger partial charge is 0.387 e. The van der Waals surface area contributed by atoms with Crippen molar-refractivity contribution < 1.29 is 22.8 Å². The van der Waals surface area contributed by atoms with Gasteiger partial charge < -0.3 is 14.6 Å². The first kappa shape index (κ1) is 18.1. The first-order valence-corrected chi connectivity index (χ1v) is 8.81. The largest absolute Gasteiger partial charge is 0.434 e. The fraction of sp³-hybridized carbons (Fsp3) is 0.222. The summed E-state index contributed by atoms with van der Waals surface area (Å²) in [5.41, 5.74) is 0.602. The first-order chi connectivity index (χ1) is 12.6. The van der Waals surface area contributed by atoms with Gasteiger partial charge in [-0.15, -0.1) is 11.3 Å². The van der Waals surface area contributed by atoms with Gasteiger partial charge in [-0.05, 0) is 23.9 Å². The number of hydrogen-bond donors (Lipinski definition) is 1. The van der Waals surface area contributed by atoms with Gasteiger partial charge in [0.15, 0.2) is 11.5 Å². The Kier molecular flexibility index (Phi) is 5.62. The van der Waals surface area contributed by atoms with Crippen LogP contribution in [0.4, 0.5) is 8.78 Å². The molecule has 2 aromatic heterocycles. The molecule has 1 N–H and O–H groups in total. The summed E-state index contributed by atoms with van der Waals surface area (Å²) in [6, 6.07) is 11.2. The monoisotopic (exact) mass is 378 g/mol. The number of amides is 1. The lowest BCUT2D eigenvalue weighted by Gasteiger charge is -2.20. The molecule has 0 aliphatic carbocycles. The van der Waals surface area contributed by atoms with Crippen molar-refractivity contribution in [3.05, 3.63) is 59.1 Å². The standard InChI is InChI=1S/C18H16F2N2O3S/c1-2-12(11-6-3-4-7-14(11)24-18(19)20)21-17(23)13-10-15(25-22-13)16-8-5-9-26-16/h3-10,12,18H,2H2,1H3,(H,21,23). The highest BCUT2D eigenvalue weighted by Gasteiger charge is 2.21. The molecule has 0 saturated heterocycles. The Morgan fingerprint density at radius 2 is 2.12 bits per heavy atom. The summed E-state index contributed by atoms with van der Waals surface area (Å²) in [5, 5.41) is 8.47. The van der Waals surface area contributed by atoms with Crippen molar-refractivity contribution >= 4 is 17.2 Å². The van der Waals surface area contributed by atoms with Crippen molar-refractivity contribution in [3.63, 3.8) is 0 Å². The molecule has 0 fully saturated rings. The normalized spacial score (nSPS) is 12.2. The molecule has 0 saturated carbocycles. The van der Waals surface area contributed by atoms with Gasteiger partial charge in [0.2, 0.25) is 0 Å². The number of nitrogens with one attached hydrogen (secondary N) is 1. The molecule has 1 amide bonds. The molecule has 136 valence electrons. The molecule has 5 nitrogen and oxygen atoms in total. The topological polar surface area (TPSA) is 64.4 Å². The second-order valence-electron chi connectivity index (χ2n) is 5.40. The van der Waals surface area contributed by atoms with Crippen LogP contribution in [0.1, 0.15) is 35.4 Å². The Morgan fingerprint density at radius 3 is 2.81 bits per heavy atom. The number of para-hydroxylation sites is 1. The van der Waals surface area contributed by atoms with Crippen molar-refractivity contribution in [1.29, 1.82) is 0 Å². The van der Waals surface area contributed by atoms with Crippen LogP contribution in [0.25, 0.3) is 10.6 Å². The predicted octanol–water partition coefficient (Wildman–Crippen LogP) is 4.89. The molecular formula is C18H16F2N2O3S. The zero-order valence-electron chi connectivity index (χ0n) is 13.8. The van der Waals surface area contributed by atoms with Crippen molar-refractivity contribution in [1.82, 2.24) is 10.5 Å². The Labute approximate surface area is 152 Å². The van der Waals surface area contributed by atoms with E-state index in [9.17, 15) is 13.6 Å². The summed E-state index contributed by atoms with van der Waals surface area (Å²) < 4.78 is 35.0. The number of benzene rings is 1. The van der Waals surface area contributed by atoms with Gasteiger partial charge in [-0.3, -0.25) is 4.79 Å². The number of halogens is 2. The molecule has 2 heterocycles. The van der Waals surface area contributed by atoms with Crippen LogP contribution < -0.4 is 10.1 Å². The number of thiophene rings is 1. The van der Waals surface area contributed by atoms with E-state index in [1.165, 1.54) is 17.4 Å². The van der Waals surface area contributed by atoms with Crippen molar-refractivity contribution in [3.8, 4) is 16.4 Å². The van der Waals surface area contributed by atoms with E-state index in [2.05, 4.69) is 15.2 Å². The molecule has 0 radical (unpaired) electrons. The van der Waals surface area contributed by atoms with Crippen LogP contribution in [0.15, 0.2) is 52.4 Å². The van der Waals surface area contributed by atoms with Crippen molar-refractivity contribution in [2.24, 2.45) is 0 Å². The highest BCUT2D eigenvalue weighted by Crippen LogP contribution is 2.29. The van der Waals surface area contributed by atoms with Crippen LogP contribution in [0.3, 0.4) is 0 Å². The lowest BCUT2D eigenvalue weighted by atomic mass is 10.0. The number of rotatable bonds is 7. The molecule has 3 aromatic rings. The van der Waals surface area contributed by atoms with Crippen LogP contribution in [-0.4, -0.2) is 17.7 Å². The third-order valence-corrected chi connectivity index (χ3v) is 4.62. The van der Waals surface area contributed by atoms with Gasteiger partial charge in [0, 0.05) is 11.6 Å². The number of carbonyl (C=O) groups excluding carboxylic acids is 1. The fourth-order valence-corrected chi connectivity index (χ4v) is 3.19. The van der Waals surface area contributed by atoms with Gasteiger partial charge in [-0.2, -0.15) is 8.78 Å². The minimum Gasteiger partial charge on any atom is -0.434 e. The molecule has 1 aromatic carbocycles. The second kappa shape index (κ2) is 8.09. The Hall–Kier alpha value is -2.74. The second-order valence-corrected chi connectivity index (χ2v) is 6.35. The van der Waals surface area contributed by atoms with Crippen molar-refractivity contribution in [2.45, 2.75) is 26.0 Å². The molecule has 0 spiro atoms. The highest BCUT2D eigenvalue weighted by molar-refractivity contribution is 7.13. The SMILES string of the molecule is CCC(NC(=O)c1cc(-c2cccs2)on1)c1ccccc1OC(F)F. The number of nitrogens with zero attached hydrogens (tertiary/aromatic N) is 1. The van der Waals surface area contributed by atoms with E-state index in [1.54, 1.807) is 24.3 Å². The Balaban J connectivity index is 1.77. The van der Waals surface area contributed by atoms with Crippen LogP contribution in [0.2, 0.25) is 0 Å². The molecule has 0 bridgehead atoms. The number of alkyl halides is 2. The zero-order valence-corrected chi connectivity index (χ0v) is 14.6. The maximum absolute atomic E-state index is 12.6. The fourth-order valence-electron chi connectivity index (χ4n) is 2.52. The maximum Gasteiger partial charge on any atom is 0.387 e. The molecule has 26 heavy (non-hydrogen) atoms. The lowest BCUT2D eigenvalue weighted by molar-refractivity contribution is -0.0506. The maximum atomic E-state index is 12.6. The predicted molar refractivity (Wildman–Crippen MR) is 93.4 cm³/mol. The van der Waals surface area contributed by atoms with Gasteiger partial charge in [0.1, 0.15) is 5.75 Å². The molecule has 1 unspecified atom stereocenters.